The molecular formula is C34H62N6O8. The van der Waals surface area contributed by atoms with Crippen molar-refractivity contribution in [2.45, 2.75) is 163 Å². The van der Waals surface area contributed by atoms with Crippen LogP contribution in [0.15, 0.2) is 0 Å². The smallest absolute Gasteiger partial charge is 0.331 e. The maximum atomic E-state index is 13.6. The van der Waals surface area contributed by atoms with E-state index in [1.807, 2.05) is 0 Å². The van der Waals surface area contributed by atoms with Crippen LogP contribution in [0.4, 0.5) is 0 Å². The highest BCUT2D eigenvalue weighted by Gasteiger charge is 2.48. The molecule has 0 aliphatic carbocycles. The summed E-state index contributed by atoms with van der Waals surface area (Å²) in [6.07, 6.45) is 0. The summed E-state index contributed by atoms with van der Waals surface area (Å²) < 4.78 is 5.44. The van der Waals surface area contributed by atoms with Crippen molar-refractivity contribution in [1.29, 1.82) is 0 Å². The fraction of sp³-hybridized carbons (Fsp3) is 0.794. The summed E-state index contributed by atoms with van der Waals surface area (Å²) in [4.78, 5) is 91.9. The summed E-state index contributed by atoms with van der Waals surface area (Å²) in [6.45, 7) is 28.1. The minimum atomic E-state index is -1.58. The molecule has 0 rings (SSSR count). The Kier molecular flexibility index (Phi) is 13.7. The molecule has 6 N–H and O–H groups in total. The molecule has 0 aromatic heterocycles. The van der Waals surface area contributed by atoms with E-state index in [0.717, 1.165) is 0 Å². The minimum absolute atomic E-state index is 0.422. The van der Waals surface area contributed by atoms with Crippen LogP contribution in [0, 0.1) is 11.8 Å². The quantitative estimate of drug-likeness (QED) is 0.149. The fourth-order valence-corrected chi connectivity index (χ4v) is 4.05. The van der Waals surface area contributed by atoms with Crippen molar-refractivity contribution < 1.29 is 38.3 Å². The highest BCUT2D eigenvalue weighted by Crippen LogP contribution is 2.23. The molecule has 276 valence electrons. The molecule has 0 fully saturated rings. The van der Waals surface area contributed by atoms with Crippen molar-refractivity contribution in [3.05, 3.63) is 0 Å². The van der Waals surface area contributed by atoms with E-state index in [0.29, 0.717) is 0 Å². The van der Waals surface area contributed by atoms with Crippen LogP contribution < -0.4 is 31.9 Å². The third-order valence-corrected chi connectivity index (χ3v) is 8.38. The lowest BCUT2D eigenvalue weighted by Gasteiger charge is -2.40. The first-order chi connectivity index (χ1) is 21.1. The van der Waals surface area contributed by atoms with Crippen LogP contribution >= 0.6 is 0 Å². The normalized spacial score (nSPS) is 15.3. The van der Waals surface area contributed by atoms with Gasteiger partial charge in [0, 0.05) is 6.92 Å². The first-order valence-electron chi connectivity index (χ1n) is 16.2. The van der Waals surface area contributed by atoms with E-state index in [2.05, 4.69) is 31.9 Å². The zero-order valence-electron chi connectivity index (χ0n) is 32.4. The second-order valence-corrected chi connectivity index (χ2v) is 16.7. The minimum Gasteiger partial charge on any atom is -0.458 e. The standard InChI is InChI=1S/C34H62N6O8/c1-19(2)33(17,39-23(43)29(9,10)35-21(5)41)25(45)37-30(11,12)22(42)36-31(13,14)24(44)40-34(18,20(3)4)26(46)38-32(15,16)27(47)48-28(6,7)8/h19-20H,1-18H3,(H,35,41)(H,36,42)(H,37,45)(H,38,46)(H,39,43)(H,40,44)/t33-,34-/m0/s1. The summed E-state index contributed by atoms with van der Waals surface area (Å²) in [6, 6.07) is 0. The zero-order valence-corrected chi connectivity index (χ0v) is 32.4. The predicted molar refractivity (Wildman–Crippen MR) is 183 cm³/mol. The Morgan fingerprint density at radius 2 is 0.688 bits per heavy atom. The molecule has 0 aliphatic heterocycles. The molecule has 0 aromatic carbocycles. The monoisotopic (exact) mass is 682 g/mol. The molecule has 0 unspecified atom stereocenters. The van der Waals surface area contributed by atoms with E-state index in [1.165, 1.54) is 76.2 Å². The molecule has 0 bridgehead atoms. The van der Waals surface area contributed by atoms with Gasteiger partial charge in [0.25, 0.3) is 0 Å². The largest absolute Gasteiger partial charge is 0.458 e. The van der Waals surface area contributed by atoms with Crippen molar-refractivity contribution >= 4 is 41.4 Å². The van der Waals surface area contributed by atoms with Gasteiger partial charge in [-0.2, -0.15) is 0 Å². The SMILES string of the molecule is CC(=O)NC(C)(C)C(=O)N[C@](C)(C(=O)NC(C)(C)C(=O)NC(C)(C)C(=O)N[C@](C)(C(=O)NC(C)(C)C(=O)OC(C)(C)C)C(C)C)C(C)C. The van der Waals surface area contributed by atoms with Gasteiger partial charge >= 0.3 is 5.97 Å². The first kappa shape index (κ1) is 44.3. The zero-order chi connectivity index (χ0) is 38.6. The molecule has 0 saturated carbocycles. The van der Waals surface area contributed by atoms with Gasteiger partial charge in [0.15, 0.2) is 0 Å². The van der Waals surface area contributed by atoms with Gasteiger partial charge in [-0.1, -0.05) is 27.7 Å². The number of rotatable bonds is 14. The third kappa shape index (κ3) is 11.5. The third-order valence-electron chi connectivity index (χ3n) is 8.38. The lowest BCUT2D eigenvalue weighted by atomic mass is 9.84. The summed E-state index contributed by atoms with van der Waals surface area (Å²) in [5.41, 5.74) is -9.66. The van der Waals surface area contributed by atoms with Gasteiger partial charge in [-0.05, 0) is 102 Å². The number of ether oxygens (including phenoxy) is 1. The van der Waals surface area contributed by atoms with Crippen molar-refractivity contribution in [2.24, 2.45) is 11.8 Å². The van der Waals surface area contributed by atoms with Crippen LogP contribution in [0.25, 0.3) is 0 Å². The van der Waals surface area contributed by atoms with Gasteiger partial charge in [0.1, 0.15) is 38.8 Å². The van der Waals surface area contributed by atoms with Crippen LogP contribution in [0.5, 0.6) is 0 Å². The second kappa shape index (κ2) is 14.8. The summed E-state index contributed by atoms with van der Waals surface area (Å²) in [5, 5.41) is 16.0. The van der Waals surface area contributed by atoms with Crippen LogP contribution in [-0.4, -0.2) is 80.2 Å². The van der Waals surface area contributed by atoms with Crippen LogP contribution in [0.1, 0.15) is 125 Å². The molecule has 0 aliphatic rings. The molecule has 0 saturated heterocycles. The molecule has 0 radical (unpaired) electrons. The van der Waals surface area contributed by atoms with Crippen LogP contribution in [-0.2, 0) is 38.3 Å². The van der Waals surface area contributed by atoms with Gasteiger partial charge in [0.2, 0.25) is 35.4 Å². The highest BCUT2D eigenvalue weighted by molar-refractivity contribution is 6.01. The molecule has 14 nitrogen and oxygen atoms in total. The molecule has 14 heteroatoms. The maximum absolute atomic E-state index is 13.6. The van der Waals surface area contributed by atoms with Gasteiger partial charge < -0.3 is 36.6 Å². The summed E-state index contributed by atoms with van der Waals surface area (Å²) in [5.74, 6) is -5.26. The van der Waals surface area contributed by atoms with Gasteiger partial charge in [-0.3, -0.25) is 28.8 Å². The molecule has 0 aromatic rings. The number of esters is 1. The topological polar surface area (TPSA) is 201 Å². The number of carbonyl (C=O) groups excluding carboxylic acids is 7. The average Bonchev–Trinajstić information content (AvgIpc) is 2.85. The van der Waals surface area contributed by atoms with Crippen molar-refractivity contribution in [2.75, 3.05) is 0 Å². The number of hydrogen-bond donors (Lipinski definition) is 6. The van der Waals surface area contributed by atoms with Crippen molar-refractivity contribution in [3.63, 3.8) is 0 Å². The summed E-state index contributed by atoms with van der Waals surface area (Å²) in [7, 11) is 0. The Morgan fingerprint density at radius 3 is 0.979 bits per heavy atom. The highest BCUT2D eigenvalue weighted by atomic mass is 16.6. The number of hydrogen-bond acceptors (Lipinski definition) is 8. The second-order valence-electron chi connectivity index (χ2n) is 16.7. The lowest BCUT2D eigenvalue weighted by molar-refractivity contribution is -0.163. The van der Waals surface area contributed by atoms with Crippen LogP contribution in [0.3, 0.4) is 0 Å². The van der Waals surface area contributed by atoms with E-state index in [1.54, 1.807) is 48.5 Å². The Bertz CT molecular complexity index is 1280. The molecule has 2 atom stereocenters. The molecule has 0 spiro atoms. The number of carbonyl (C=O) groups is 7. The van der Waals surface area contributed by atoms with Crippen molar-refractivity contribution in [3.8, 4) is 0 Å². The molecular weight excluding hydrogens is 620 g/mol. The Balaban J connectivity index is 6.02. The Hall–Kier alpha value is -3.71. The molecule has 6 amide bonds. The lowest BCUT2D eigenvalue weighted by Crippen LogP contribution is -2.71. The average molecular weight is 683 g/mol. The van der Waals surface area contributed by atoms with E-state index >= 15 is 0 Å². The van der Waals surface area contributed by atoms with E-state index < -0.39 is 92.1 Å². The first-order valence-corrected chi connectivity index (χ1v) is 16.2. The van der Waals surface area contributed by atoms with Gasteiger partial charge in [-0.15, -0.1) is 0 Å². The maximum Gasteiger partial charge on any atom is 0.331 e. The number of amides is 6. The number of nitrogens with one attached hydrogen (secondary N) is 6. The van der Waals surface area contributed by atoms with Crippen molar-refractivity contribution in [1.82, 2.24) is 31.9 Å². The van der Waals surface area contributed by atoms with E-state index in [4.69, 9.17) is 4.74 Å². The molecule has 0 heterocycles. The van der Waals surface area contributed by atoms with Gasteiger partial charge in [0.05, 0.1) is 0 Å². The Morgan fingerprint density at radius 1 is 0.417 bits per heavy atom. The predicted octanol–water partition coefficient (Wildman–Crippen LogP) is 1.99. The van der Waals surface area contributed by atoms with E-state index in [9.17, 15) is 33.6 Å². The molecule has 48 heavy (non-hydrogen) atoms. The van der Waals surface area contributed by atoms with E-state index in [-0.39, 0.29) is 0 Å². The van der Waals surface area contributed by atoms with Crippen LogP contribution in [0.2, 0.25) is 0 Å². The van der Waals surface area contributed by atoms with Gasteiger partial charge in [-0.25, -0.2) is 4.79 Å². The fourth-order valence-electron chi connectivity index (χ4n) is 4.05. The Labute approximate surface area is 286 Å². The summed E-state index contributed by atoms with van der Waals surface area (Å²) >= 11 is 0.